The lowest BCUT2D eigenvalue weighted by molar-refractivity contribution is 0.0888. The van der Waals surface area contributed by atoms with Crippen molar-refractivity contribution in [3.8, 4) is 0 Å². The van der Waals surface area contributed by atoms with Crippen LogP contribution in [0.5, 0.6) is 0 Å². The van der Waals surface area contributed by atoms with Gasteiger partial charge in [-0.25, -0.2) is 0 Å². The standard InChI is InChI=1S/C10H20N2/c11-4-5-12-7-9-2-1-3-10(6-9)8-12/h9-10H,1-8,11H2/t9-,10+. The van der Waals surface area contributed by atoms with Crippen molar-refractivity contribution in [2.45, 2.75) is 25.7 Å². The molecule has 0 aromatic heterocycles. The number of nitrogens with zero attached hydrogens (tertiary/aromatic N) is 1. The van der Waals surface area contributed by atoms with Crippen LogP contribution in [0.4, 0.5) is 0 Å². The van der Waals surface area contributed by atoms with Gasteiger partial charge in [0.2, 0.25) is 0 Å². The number of nitrogens with two attached hydrogens (primary N) is 1. The Morgan fingerprint density at radius 2 is 1.83 bits per heavy atom. The van der Waals surface area contributed by atoms with Gasteiger partial charge >= 0.3 is 0 Å². The molecule has 2 aliphatic rings. The van der Waals surface area contributed by atoms with E-state index >= 15 is 0 Å². The molecule has 0 amide bonds. The third-order valence-electron chi connectivity index (χ3n) is 3.37. The minimum Gasteiger partial charge on any atom is -0.329 e. The molecule has 2 atom stereocenters. The molecule has 0 spiro atoms. The van der Waals surface area contributed by atoms with Gasteiger partial charge in [-0.3, -0.25) is 0 Å². The minimum atomic E-state index is 0.833. The van der Waals surface area contributed by atoms with E-state index in [1.54, 1.807) is 0 Å². The van der Waals surface area contributed by atoms with Gasteiger partial charge in [0.1, 0.15) is 0 Å². The second-order valence-electron chi connectivity index (χ2n) is 4.45. The van der Waals surface area contributed by atoms with Crippen molar-refractivity contribution in [3.05, 3.63) is 0 Å². The van der Waals surface area contributed by atoms with Crippen LogP contribution in [0, 0.1) is 11.8 Å². The molecule has 0 unspecified atom stereocenters. The molecule has 2 nitrogen and oxygen atoms in total. The predicted molar refractivity (Wildman–Crippen MR) is 50.9 cm³/mol. The molecule has 2 heteroatoms. The van der Waals surface area contributed by atoms with E-state index in [9.17, 15) is 0 Å². The third-order valence-corrected chi connectivity index (χ3v) is 3.37. The van der Waals surface area contributed by atoms with Gasteiger partial charge in [0, 0.05) is 26.2 Å². The SMILES string of the molecule is NCCN1C[C@@H]2CCC[C@@H](C2)C1. The van der Waals surface area contributed by atoms with Crippen molar-refractivity contribution in [2.24, 2.45) is 17.6 Å². The molecule has 2 rings (SSSR count). The van der Waals surface area contributed by atoms with Crippen molar-refractivity contribution in [3.63, 3.8) is 0 Å². The zero-order chi connectivity index (χ0) is 8.39. The summed E-state index contributed by atoms with van der Waals surface area (Å²) in [4.78, 5) is 2.57. The average molecular weight is 168 g/mol. The Kier molecular flexibility index (Phi) is 2.66. The normalized spacial score (nSPS) is 36.8. The topological polar surface area (TPSA) is 29.3 Å². The summed E-state index contributed by atoms with van der Waals surface area (Å²) >= 11 is 0. The fourth-order valence-corrected chi connectivity index (χ4v) is 2.90. The molecule has 1 saturated heterocycles. The van der Waals surface area contributed by atoms with Crippen molar-refractivity contribution < 1.29 is 0 Å². The summed E-state index contributed by atoms with van der Waals surface area (Å²) < 4.78 is 0. The van der Waals surface area contributed by atoms with Gasteiger partial charge < -0.3 is 10.6 Å². The van der Waals surface area contributed by atoms with Crippen LogP contribution in [0.1, 0.15) is 25.7 Å². The van der Waals surface area contributed by atoms with Crippen molar-refractivity contribution in [1.29, 1.82) is 0 Å². The maximum Gasteiger partial charge on any atom is 0.0105 e. The fourth-order valence-electron chi connectivity index (χ4n) is 2.90. The third kappa shape index (κ3) is 1.80. The first-order chi connectivity index (χ1) is 5.88. The van der Waals surface area contributed by atoms with E-state index < -0.39 is 0 Å². The molecule has 70 valence electrons. The van der Waals surface area contributed by atoms with Crippen LogP contribution in [0.2, 0.25) is 0 Å². The highest BCUT2D eigenvalue weighted by atomic mass is 15.1. The molecule has 1 saturated carbocycles. The van der Waals surface area contributed by atoms with Gasteiger partial charge in [-0.15, -0.1) is 0 Å². The zero-order valence-corrected chi connectivity index (χ0v) is 7.84. The average Bonchev–Trinajstić information content (AvgIpc) is 2.04. The van der Waals surface area contributed by atoms with Crippen molar-refractivity contribution in [1.82, 2.24) is 4.90 Å². The summed E-state index contributed by atoms with van der Waals surface area (Å²) in [6, 6.07) is 0. The van der Waals surface area contributed by atoms with E-state index in [1.165, 1.54) is 38.8 Å². The van der Waals surface area contributed by atoms with Crippen LogP contribution in [0.15, 0.2) is 0 Å². The molecule has 1 aliphatic carbocycles. The highest BCUT2D eigenvalue weighted by Crippen LogP contribution is 2.33. The lowest BCUT2D eigenvalue weighted by Gasteiger charge is -2.41. The lowest BCUT2D eigenvalue weighted by atomic mass is 9.78. The molecule has 12 heavy (non-hydrogen) atoms. The molecule has 1 heterocycles. The Hall–Kier alpha value is -0.0800. The second kappa shape index (κ2) is 3.75. The van der Waals surface area contributed by atoms with E-state index in [2.05, 4.69) is 4.90 Å². The number of hydrogen-bond donors (Lipinski definition) is 1. The number of hydrogen-bond acceptors (Lipinski definition) is 2. The summed E-state index contributed by atoms with van der Waals surface area (Å²) in [6.07, 6.45) is 5.92. The quantitative estimate of drug-likeness (QED) is 0.668. The van der Waals surface area contributed by atoms with Gasteiger partial charge in [0.25, 0.3) is 0 Å². The van der Waals surface area contributed by atoms with Gasteiger partial charge in [-0.05, 0) is 31.1 Å². The van der Waals surface area contributed by atoms with E-state index in [1.807, 2.05) is 0 Å². The Labute approximate surface area is 75.1 Å². The number of piperidine rings is 1. The second-order valence-corrected chi connectivity index (χ2v) is 4.45. The number of fused-ring (bicyclic) bond motifs is 2. The molecule has 2 bridgehead atoms. The minimum absolute atomic E-state index is 0.833. The molecule has 1 aliphatic heterocycles. The van der Waals surface area contributed by atoms with Crippen LogP contribution in [-0.4, -0.2) is 31.1 Å². The molecular formula is C10H20N2. The van der Waals surface area contributed by atoms with Gasteiger partial charge in [0.05, 0.1) is 0 Å². The summed E-state index contributed by atoms with van der Waals surface area (Å²) in [6.45, 7) is 4.61. The largest absolute Gasteiger partial charge is 0.329 e. The molecule has 0 radical (unpaired) electrons. The van der Waals surface area contributed by atoms with Crippen LogP contribution in [0.3, 0.4) is 0 Å². The first kappa shape index (κ1) is 8.52. The predicted octanol–water partition coefficient (Wildman–Crippen LogP) is 1.07. The first-order valence-corrected chi connectivity index (χ1v) is 5.31. The number of likely N-dealkylation sites (tertiary alicyclic amines) is 1. The van der Waals surface area contributed by atoms with Gasteiger partial charge in [-0.2, -0.15) is 0 Å². The summed E-state index contributed by atoms with van der Waals surface area (Å²) in [5.41, 5.74) is 5.57. The highest BCUT2D eigenvalue weighted by Gasteiger charge is 2.29. The Morgan fingerprint density at radius 3 is 2.42 bits per heavy atom. The molecule has 0 aromatic rings. The summed E-state index contributed by atoms with van der Waals surface area (Å²) in [5, 5.41) is 0. The van der Waals surface area contributed by atoms with E-state index in [0.717, 1.165) is 24.9 Å². The monoisotopic (exact) mass is 168 g/mol. The molecular weight excluding hydrogens is 148 g/mol. The Morgan fingerprint density at radius 1 is 1.17 bits per heavy atom. The maximum atomic E-state index is 5.57. The van der Waals surface area contributed by atoms with Crippen LogP contribution in [-0.2, 0) is 0 Å². The maximum absolute atomic E-state index is 5.57. The Balaban J connectivity index is 1.87. The van der Waals surface area contributed by atoms with E-state index in [0.29, 0.717) is 0 Å². The summed E-state index contributed by atoms with van der Waals surface area (Å²) in [7, 11) is 0. The molecule has 0 aromatic carbocycles. The lowest BCUT2D eigenvalue weighted by Crippen LogP contribution is -2.44. The first-order valence-electron chi connectivity index (χ1n) is 5.31. The van der Waals surface area contributed by atoms with Crippen molar-refractivity contribution in [2.75, 3.05) is 26.2 Å². The van der Waals surface area contributed by atoms with Crippen LogP contribution >= 0.6 is 0 Å². The number of rotatable bonds is 2. The summed E-state index contributed by atoms with van der Waals surface area (Å²) in [5.74, 6) is 2.01. The van der Waals surface area contributed by atoms with E-state index in [4.69, 9.17) is 5.73 Å². The molecule has 2 fully saturated rings. The zero-order valence-electron chi connectivity index (χ0n) is 7.84. The van der Waals surface area contributed by atoms with Crippen LogP contribution in [0.25, 0.3) is 0 Å². The molecule has 2 N–H and O–H groups in total. The van der Waals surface area contributed by atoms with Crippen molar-refractivity contribution >= 4 is 0 Å². The highest BCUT2D eigenvalue weighted by molar-refractivity contribution is 4.83. The van der Waals surface area contributed by atoms with Gasteiger partial charge in [0.15, 0.2) is 0 Å². The van der Waals surface area contributed by atoms with Gasteiger partial charge in [-0.1, -0.05) is 6.42 Å². The van der Waals surface area contributed by atoms with E-state index in [-0.39, 0.29) is 0 Å². The van der Waals surface area contributed by atoms with Crippen LogP contribution < -0.4 is 5.73 Å². The Bertz CT molecular complexity index is 135. The fraction of sp³-hybridized carbons (Fsp3) is 1.00. The smallest absolute Gasteiger partial charge is 0.0105 e.